The van der Waals surface area contributed by atoms with Crippen molar-refractivity contribution in [3.63, 3.8) is 0 Å². The van der Waals surface area contributed by atoms with Gasteiger partial charge in [0.25, 0.3) is 5.91 Å². The maximum Gasteiger partial charge on any atom is 0.269 e. The van der Waals surface area contributed by atoms with Gasteiger partial charge in [0.1, 0.15) is 6.61 Å². The Hall–Kier alpha value is -2.49. The zero-order valence-corrected chi connectivity index (χ0v) is 12.7. The molecule has 0 radical (unpaired) electrons. The number of carbonyl (C=O) groups is 1. The number of carbonyl (C=O) groups excluding carboxylic acids is 1. The largest absolute Gasteiger partial charge is 0.485 e. The highest BCUT2D eigenvalue weighted by Crippen LogP contribution is 2.31. The molecule has 22 heavy (non-hydrogen) atoms. The van der Waals surface area contributed by atoms with Crippen molar-refractivity contribution in [2.24, 2.45) is 0 Å². The molecule has 0 aromatic heterocycles. The third-order valence-corrected chi connectivity index (χ3v) is 3.64. The second kappa shape index (κ2) is 6.10. The summed E-state index contributed by atoms with van der Waals surface area (Å²) in [5.74, 6) is 1.42. The first-order chi connectivity index (χ1) is 10.6. The van der Waals surface area contributed by atoms with Crippen molar-refractivity contribution in [1.29, 1.82) is 0 Å². The maximum absolute atomic E-state index is 12.4. The van der Waals surface area contributed by atoms with Crippen molar-refractivity contribution in [3.05, 3.63) is 54.1 Å². The summed E-state index contributed by atoms with van der Waals surface area (Å²) in [4.78, 5) is 12.4. The van der Waals surface area contributed by atoms with E-state index in [1.54, 1.807) is 6.07 Å². The second-order valence-electron chi connectivity index (χ2n) is 5.60. The van der Waals surface area contributed by atoms with Gasteiger partial charge in [-0.15, -0.1) is 0 Å². The molecule has 0 spiro atoms. The summed E-state index contributed by atoms with van der Waals surface area (Å²) in [6.45, 7) is 4.41. The molecule has 3 rings (SSSR count). The molecule has 1 N–H and O–H groups in total. The van der Waals surface area contributed by atoms with Crippen molar-refractivity contribution in [2.45, 2.75) is 25.9 Å². The van der Waals surface area contributed by atoms with Crippen LogP contribution in [0.15, 0.2) is 48.5 Å². The molecule has 0 saturated carbocycles. The summed E-state index contributed by atoms with van der Waals surface area (Å²) < 4.78 is 11.3. The standard InChI is InChI=1S/C18H19NO3/c1-12(2)13-7-3-4-8-14(13)19-18(20)17-11-21-15-9-5-6-10-16(15)22-17/h3-10,12,17H,11H2,1-2H3,(H,19,20)/t17-/m1/s1. The molecule has 1 aliphatic rings. The van der Waals surface area contributed by atoms with Crippen LogP contribution in [0.5, 0.6) is 11.5 Å². The number of rotatable bonds is 3. The van der Waals surface area contributed by atoms with E-state index in [0.29, 0.717) is 17.4 Å². The SMILES string of the molecule is CC(C)c1ccccc1NC(=O)[C@H]1COc2ccccc2O1. The number of hydrogen-bond acceptors (Lipinski definition) is 3. The minimum atomic E-state index is -0.643. The number of para-hydroxylation sites is 3. The van der Waals surface area contributed by atoms with E-state index in [1.807, 2.05) is 42.5 Å². The molecule has 0 unspecified atom stereocenters. The van der Waals surface area contributed by atoms with Gasteiger partial charge in [0.05, 0.1) is 0 Å². The molecule has 4 nitrogen and oxygen atoms in total. The quantitative estimate of drug-likeness (QED) is 0.942. The van der Waals surface area contributed by atoms with E-state index in [2.05, 4.69) is 19.2 Å². The van der Waals surface area contributed by atoms with E-state index in [0.717, 1.165) is 11.3 Å². The Morgan fingerprint density at radius 3 is 2.55 bits per heavy atom. The van der Waals surface area contributed by atoms with E-state index in [-0.39, 0.29) is 12.5 Å². The lowest BCUT2D eigenvalue weighted by atomic mass is 10.0. The molecular formula is C18H19NO3. The fourth-order valence-corrected chi connectivity index (χ4v) is 2.48. The summed E-state index contributed by atoms with van der Waals surface area (Å²) in [5, 5.41) is 2.95. The molecule has 1 heterocycles. The lowest BCUT2D eigenvalue weighted by molar-refractivity contribution is -0.125. The Balaban J connectivity index is 1.74. The van der Waals surface area contributed by atoms with Crippen molar-refractivity contribution in [2.75, 3.05) is 11.9 Å². The van der Waals surface area contributed by atoms with Crippen LogP contribution >= 0.6 is 0 Å². The molecule has 1 atom stereocenters. The normalized spacial score (nSPS) is 16.4. The summed E-state index contributed by atoms with van der Waals surface area (Å²) in [7, 11) is 0. The minimum absolute atomic E-state index is 0.192. The van der Waals surface area contributed by atoms with Crippen LogP contribution in [0.3, 0.4) is 0 Å². The number of amides is 1. The fourth-order valence-electron chi connectivity index (χ4n) is 2.48. The average Bonchev–Trinajstić information content (AvgIpc) is 2.54. The van der Waals surface area contributed by atoms with Gasteiger partial charge < -0.3 is 14.8 Å². The van der Waals surface area contributed by atoms with Gasteiger partial charge in [-0.25, -0.2) is 0 Å². The summed E-state index contributed by atoms with van der Waals surface area (Å²) in [6, 6.07) is 15.2. The van der Waals surface area contributed by atoms with Gasteiger partial charge in [0.15, 0.2) is 11.5 Å². The molecule has 0 bridgehead atoms. The summed E-state index contributed by atoms with van der Waals surface area (Å²) >= 11 is 0. The van der Waals surface area contributed by atoms with Gasteiger partial charge in [-0.1, -0.05) is 44.2 Å². The average molecular weight is 297 g/mol. The highest BCUT2D eigenvalue weighted by atomic mass is 16.6. The third kappa shape index (κ3) is 2.91. The highest BCUT2D eigenvalue weighted by molar-refractivity contribution is 5.95. The molecule has 0 aliphatic carbocycles. The fraction of sp³-hybridized carbons (Fsp3) is 0.278. The third-order valence-electron chi connectivity index (χ3n) is 3.64. The van der Waals surface area contributed by atoms with E-state index in [9.17, 15) is 4.79 Å². The van der Waals surface area contributed by atoms with Crippen molar-refractivity contribution < 1.29 is 14.3 Å². The lowest BCUT2D eigenvalue weighted by Crippen LogP contribution is -2.40. The van der Waals surface area contributed by atoms with E-state index in [4.69, 9.17) is 9.47 Å². The van der Waals surface area contributed by atoms with E-state index in [1.165, 1.54) is 0 Å². The lowest BCUT2D eigenvalue weighted by Gasteiger charge is -2.26. The van der Waals surface area contributed by atoms with Crippen LogP contribution in [-0.4, -0.2) is 18.6 Å². The van der Waals surface area contributed by atoms with Gasteiger partial charge in [0.2, 0.25) is 6.10 Å². The van der Waals surface area contributed by atoms with Crippen LogP contribution in [0, 0.1) is 0 Å². The first-order valence-corrected chi connectivity index (χ1v) is 7.43. The molecule has 0 fully saturated rings. The number of ether oxygens (including phenoxy) is 2. The molecule has 1 aliphatic heterocycles. The summed E-state index contributed by atoms with van der Waals surface area (Å²) in [5.41, 5.74) is 1.93. The van der Waals surface area contributed by atoms with Gasteiger partial charge in [-0.3, -0.25) is 4.79 Å². The predicted molar refractivity (Wildman–Crippen MR) is 85.5 cm³/mol. The van der Waals surface area contributed by atoms with E-state index < -0.39 is 6.10 Å². The maximum atomic E-state index is 12.4. The van der Waals surface area contributed by atoms with Crippen molar-refractivity contribution in [1.82, 2.24) is 0 Å². The number of benzene rings is 2. The number of hydrogen-bond donors (Lipinski definition) is 1. The van der Waals surface area contributed by atoms with Gasteiger partial charge in [-0.05, 0) is 29.7 Å². The van der Waals surface area contributed by atoms with Crippen LogP contribution in [-0.2, 0) is 4.79 Å². The molecule has 4 heteroatoms. The smallest absolute Gasteiger partial charge is 0.269 e. The van der Waals surface area contributed by atoms with Crippen LogP contribution in [0.4, 0.5) is 5.69 Å². The van der Waals surface area contributed by atoms with Crippen LogP contribution in [0.25, 0.3) is 0 Å². The highest BCUT2D eigenvalue weighted by Gasteiger charge is 2.27. The zero-order chi connectivity index (χ0) is 15.5. The molecule has 1 amide bonds. The molecular weight excluding hydrogens is 278 g/mol. The van der Waals surface area contributed by atoms with Crippen LogP contribution < -0.4 is 14.8 Å². The molecule has 114 valence electrons. The number of fused-ring (bicyclic) bond motifs is 1. The van der Waals surface area contributed by atoms with E-state index >= 15 is 0 Å². The first-order valence-electron chi connectivity index (χ1n) is 7.43. The van der Waals surface area contributed by atoms with Gasteiger partial charge in [-0.2, -0.15) is 0 Å². The topological polar surface area (TPSA) is 47.6 Å². The zero-order valence-electron chi connectivity index (χ0n) is 12.7. The predicted octanol–water partition coefficient (Wildman–Crippen LogP) is 3.59. The summed E-state index contributed by atoms with van der Waals surface area (Å²) in [6.07, 6.45) is -0.643. The molecule has 2 aromatic carbocycles. The number of anilines is 1. The first kappa shape index (κ1) is 14.4. The molecule has 0 saturated heterocycles. The number of nitrogens with one attached hydrogen (secondary N) is 1. The van der Waals surface area contributed by atoms with Crippen molar-refractivity contribution in [3.8, 4) is 11.5 Å². The van der Waals surface area contributed by atoms with Crippen LogP contribution in [0.1, 0.15) is 25.3 Å². The Morgan fingerprint density at radius 1 is 1.09 bits per heavy atom. The van der Waals surface area contributed by atoms with Crippen LogP contribution in [0.2, 0.25) is 0 Å². The minimum Gasteiger partial charge on any atom is -0.485 e. The van der Waals surface area contributed by atoms with Gasteiger partial charge >= 0.3 is 0 Å². The van der Waals surface area contributed by atoms with Gasteiger partial charge in [0, 0.05) is 5.69 Å². The van der Waals surface area contributed by atoms with Crippen molar-refractivity contribution >= 4 is 11.6 Å². The monoisotopic (exact) mass is 297 g/mol. The Morgan fingerprint density at radius 2 is 1.77 bits per heavy atom. The Bertz CT molecular complexity index is 682. The Kier molecular flexibility index (Phi) is 4.00. The Labute approximate surface area is 130 Å². The second-order valence-corrected chi connectivity index (χ2v) is 5.60. The molecule has 2 aromatic rings.